The lowest BCUT2D eigenvalue weighted by Crippen LogP contribution is -2.22. The Balaban J connectivity index is 1.83. The molecule has 0 saturated heterocycles. The Morgan fingerprint density at radius 1 is 1.54 bits per heavy atom. The Kier molecular flexibility index (Phi) is 4.37. The van der Waals surface area contributed by atoms with Crippen molar-refractivity contribution in [3.05, 3.63) is 45.8 Å². The van der Waals surface area contributed by atoms with Crippen molar-refractivity contribution in [3.63, 3.8) is 0 Å². The summed E-state index contributed by atoms with van der Waals surface area (Å²) in [7, 11) is 1.33. The number of rotatable bonds is 5. The summed E-state index contributed by atoms with van der Waals surface area (Å²) in [6.45, 7) is 3.38. The summed E-state index contributed by atoms with van der Waals surface area (Å²) in [5.41, 5.74) is 0.911. The number of nitro benzene ring substituents is 1. The normalized spacial score (nSPS) is 16.5. The van der Waals surface area contributed by atoms with E-state index in [0.717, 1.165) is 37.0 Å². The number of nitrogens with zero attached hydrogens (tertiary/aromatic N) is 3. The monoisotopic (exact) mass is 334 g/mol. The van der Waals surface area contributed by atoms with E-state index in [9.17, 15) is 14.5 Å². The van der Waals surface area contributed by atoms with Crippen molar-refractivity contribution in [1.29, 1.82) is 0 Å². The van der Waals surface area contributed by atoms with Crippen LogP contribution in [-0.4, -0.2) is 28.1 Å². The van der Waals surface area contributed by atoms with E-state index in [4.69, 9.17) is 4.74 Å². The van der Waals surface area contributed by atoms with Crippen molar-refractivity contribution in [2.75, 3.05) is 19.0 Å². The number of ether oxygens (including phenoxy) is 1. The number of fused-ring (bicyclic) bond motifs is 1. The summed E-state index contributed by atoms with van der Waals surface area (Å²) in [4.78, 5) is 15.1. The van der Waals surface area contributed by atoms with Crippen molar-refractivity contribution in [1.82, 2.24) is 9.55 Å². The molecule has 8 heteroatoms. The fourth-order valence-corrected chi connectivity index (χ4v) is 3.13. The van der Waals surface area contributed by atoms with Gasteiger partial charge in [-0.1, -0.05) is 0 Å². The van der Waals surface area contributed by atoms with Crippen LogP contribution in [-0.2, 0) is 6.54 Å². The molecule has 0 aliphatic carbocycles. The molecular weight excluding hydrogens is 315 g/mol. The van der Waals surface area contributed by atoms with Gasteiger partial charge in [-0.2, -0.15) is 0 Å². The average molecular weight is 334 g/mol. The van der Waals surface area contributed by atoms with Gasteiger partial charge in [0.1, 0.15) is 11.5 Å². The number of halogens is 1. The Morgan fingerprint density at radius 2 is 2.33 bits per heavy atom. The minimum atomic E-state index is -0.751. The van der Waals surface area contributed by atoms with E-state index in [-0.39, 0.29) is 23.0 Å². The Labute approximate surface area is 138 Å². The largest absolute Gasteiger partial charge is 0.494 e. The van der Waals surface area contributed by atoms with Gasteiger partial charge in [0.25, 0.3) is 5.69 Å². The molecule has 2 heterocycles. The molecule has 0 radical (unpaired) electrons. The Morgan fingerprint density at radius 3 is 3.04 bits per heavy atom. The van der Waals surface area contributed by atoms with Crippen LogP contribution in [0.2, 0.25) is 0 Å². The molecule has 128 valence electrons. The van der Waals surface area contributed by atoms with Crippen LogP contribution in [0.4, 0.5) is 15.8 Å². The molecule has 0 bridgehead atoms. The van der Waals surface area contributed by atoms with Crippen LogP contribution in [0, 0.1) is 22.9 Å². The zero-order valence-corrected chi connectivity index (χ0v) is 13.6. The third kappa shape index (κ3) is 3.04. The number of imidazole rings is 1. The summed E-state index contributed by atoms with van der Waals surface area (Å²) in [5, 5.41) is 14.2. The summed E-state index contributed by atoms with van der Waals surface area (Å²) >= 11 is 0. The molecule has 7 nitrogen and oxygen atoms in total. The van der Waals surface area contributed by atoms with Crippen molar-refractivity contribution in [2.45, 2.75) is 32.2 Å². The van der Waals surface area contributed by atoms with Gasteiger partial charge in [-0.05, 0) is 19.8 Å². The van der Waals surface area contributed by atoms with Gasteiger partial charge in [0.2, 0.25) is 0 Å². The molecule has 0 spiro atoms. The molecule has 0 saturated carbocycles. The molecule has 1 aliphatic rings. The van der Waals surface area contributed by atoms with Crippen LogP contribution < -0.4 is 10.1 Å². The molecule has 0 fully saturated rings. The van der Waals surface area contributed by atoms with Gasteiger partial charge in [-0.3, -0.25) is 10.1 Å². The minimum Gasteiger partial charge on any atom is -0.494 e. The molecule has 1 aromatic heterocycles. The van der Waals surface area contributed by atoms with Crippen LogP contribution in [0.3, 0.4) is 0 Å². The first-order chi connectivity index (χ1) is 11.5. The molecule has 24 heavy (non-hydrogen) atoms. The number of hydrogen-bond acceptors (Lipinski definition) is 5. The number of nitro groups is 1. The van der Waals surface area contributed by atoms with E-state index >= 15 is 0 Å². The first-order valence-corrected chi connectivity index (χ1v) is 7.79. The van der Waals surface area contributed by atoms with Gasteiger partial charge in [0.15, 0.2) is 11.6 Å². The minimum absolute atomic E-state index is 0.0240. The first-order valence-electron chi connectivity index (χ1n) is 7.79. The second-order valence-corrected chi connectivity index (χ2v) is 5.91. The highest BCUT2D eigenvalue weighted by molar-refractivity contribution is 5.64. The number of hydrogen-bond donors (Lipinski definition) is 1. The summed E-state index contributed by atoms with van der Waals surface area (Å²) < 4.78 is 20.8. The fourth-order valence-electron chi connectivity index (χ4n) is 3.13. The van der Waals surface area contributed by atoms with Crippen molar-refractivity contribution in [2.24, 2.45) is 0 Å². The SMILES string of the molecule is COc1cc(NCC2CCCn3cc(C)nc32)c([N+](=O)[O-])cc1F. The molecule has 1 N–H and O–H groups in total. The van der Waals surface area contributed by atoms with E-state index in [1.165, 1.54) is 13.2 Å². The van der Waals surface area contributed by atoms with Crippen LogP contribution >= 0.6 is 0 Å². The number of nitrogens with one attached hydrogen (secondary N) is 1. The third-order valence-electron chi connectivity index (χ3n) is 4.25. The highest BCUT2D eigenvalue weighted by atomic mass is 19.1. The molecule has 3 rings (SSSR count). The van der Waals surface area contributed by atoms with Gasteiger partial charge in [-0.25, -0.2) is 9.37 Å². The van der Waals surface area contributed by atoms with Gasteiger partial charge >= 0.3 is 0 Å². The fraction of sp³-hybridized carbons (Fsp3) is 0.438. The predicted octanol–water partition coefficient (Wildman–Crippen LogP) is 3.24. The second-order valence-electron chi connectivity index (χ2n) is 5.91. The quantitative estimate of drug-likeness (QED) is 0.670. The number of aryl methyl sites for hydroxylation is 2. The number of methoxy groups -OCH3 is 1. The second kappa shape index (κ2) is 6.46. The van der Waals surface area contributed by atoms with Crippen LogP contribution in [0.5, 0.6) is 5.75 Å². The maximum Gasteiger partial charge on any atom is 0.295 e. The zero-order valence-electron chi connectivity index (χ0n) is 13.6. The van der Waals surface area contributed by atoms with E-state index < -0.39 is 10.7 Å². The van der Waals surface area contributed by atoms with Crippen LogP contribution in [0.25, 0.3) is 0 Å². The number of anilines is 1. The van der Waals surface area contributed by atoms with Crippen molar-refractivity contribution >= 4 is 11.4 Å². The zero-order chi connectivity index (χ0) is 17.3. The maximum absolute atomic E-state index is 13.7. The maximum atomic E-state index is 13.7. The summed E-state index contributed by atoms with van der Waals surface area (Å²) in [5.74, 6) is 0.369. The molecule has 1 aliphatic heterocycles. The third-order valence-corrected chi connectivity index (χ3v) is 4.25. The molecule has 2 aromatic rings. The van der Waals surface area contributed by atoms with Gasteiger partial charge in [0.05, 0.1) is 23.8 Å². The van der Waals surface area contributed by atoms with Gasteiger partial charge in [0, 0.05) is 31.3 Å². The molecule has 1 unspecified atom stereocenters. The lowest BCUT2D eigenvalue weighted by atomic mass is 9.99. The van der Waals surface area contributed by atoms with E-state index in [1.807, 2.05) is 13.1 Å². The van der Waals surface area contributed by atoms with E-state index in [0.29, 0.717) is 6.54 Å². The lowest BCUT2D eigenvalue weighted by Gasteiger charge is -2.24. The highest BCUT2D eigenvalue weighted by Crippen LogP contribution is 2.33. The molecule has 1 aromatic carbocycles. The highest BCUT2D eigenvalue weighted by Gasteiger charge is 2.24. The van der Waals surface area contributed by atoms with Gasteiger partial charge < -0.3 is 14.6 Å². The Bertz CT molecular complexity index is 775. The number of benzene rings is 1. The standard InChI is InChI=1S/C16H19FN4O3/c1-10-9-20-5-3-4-11(16(20)19-10)8-18-13-7-15(24-2)12(17)6-14(13)21(22)23/h6-7,9,11,18H,3-5,8H2,1-2H3. The van der Waals surface area contributed by atoms with E-state index in [2.05, 4.69) is 14.9 Å². The molecular formula is C16H19FN4O3. The Hall–Kier alpha value is -2.64. The van der Waals surface area contributed by atoms with Crippen LogP contribution in [0.1, 0.15) is 30.3 Å². The van der Waals surface area contributed by atoms with Crippen molar-refractivity contribution < 1.29 is 14.1 Å². The number of aromatic nitrogens is 2. The lowest BCUT2D eigenvalue weighted by molar-refractivity contribution is -0.384. The van der Waals surface area contributed by atoms with E-state index in [1.54, 1.807) is 0 Å². The smallest absolute Gasteiger partial charge is 0.295 e. The van der Waals surface area contributed by atoms with Gasteiger partial charge in [-0.15, -0.1) is 0 Å². The summed E-state index contributed by atoms with van der Waals surface area (Å²) in [6.07, 6.45) is 4.00. The first kappa shape index (κ1) is 16.2. The topological polar surface area (TPSA) is 82.2 Å². The summed E-state index contributed by atoms with van der Waals surface area (Å²) in [6, 6.07) is 2.21. The molecule has 0 amide bonds. The predicted molar refractivity (Wildman–Crippen MR) is 87.0 cm³/mol. The van der Waals surface area contributed by atoms with Crippen molar-refractivity contribution in [3.8, 4) is 5.75 Å². The molecule has 1 atom stereocenters. The average Bonchev–Trinajstić information content (AvgIpc) is 2.94. The van der Waals surface area contributed by atoms with Crippen LogP contribution in [0.15, 0.2) is 18.3 Å².